The summed E-state index contributed by atoms with van der Waals surface area (Å²) in [5, 5.41) is 5.31. The molecule has 0 fully saturated rings. The molecule has 0 saturated carbocycles. The Hall–Kier alpha value is -2.25. The van der Waals surface area contributed by atoms with Gasteiger partial charge in [-0.15, -0.1) is 11.8 Å². The van der Waals surface area contributed by atoms with Gasteiger partial charge in [0.1, 0.15) is 0 Å². The Kier molecular flexibility index (Phi) is 5.68. The first-order valence-corrected chi connectivity index (χ1v) is 9.21. The van der Waals surface area contributed by atoms with Gasteiger partial charge in [-0.25, -0.2) is 4.39 Å². The Morgan fingerprint density at radius 2 is 2.15 bits per heavy atom. The number of anilines is 2. The number of halogens is 2. The van der Waals surface area contributed by atoms with E-state index in [4.69, 9.17) is 16.3 Å². The number of amides is 2. The number of ether oxygens (including phenoxy) is 1. The maximum absolute atomic E-state index is 13.9. The van der Waals surface area contributed by atoms with Crippen LogP contribution in [0.2, 0.25) is 5.02 Å². The largest absolute Gasteiger partial charge is 0.491 e. The molecule has 0 saturated heterocycles. The van der Waals surface area contributed by atoms with Crippen molar-refractivity contribution in [2.45, 2.75) is 23.5 Å². The minimum absolute atomic E-state index is 0.0343. The van der Waals surface area contributed by atoms with Gasteiger partial charge in [0.2, 0.25) is 11.8 Å². The first-order chi connectivity index (χ1) is 12.5. The van der Waals surface area contributed by atoms with Crippen LogP contribution in [0.4, 0.5) is 15.8 Å². The quantitative estimate of drug-likeness (QED) is 0.792. The molecule has 1 aliphatic heterocycles. The van der Waals surface area contributed by atoms with E-state index in [0.717, 1.165) is 4.90 Å². The molecule has 5 nitrogen and oxygen atoms in total. The number of benzene rings is 2. The van der Waals surface area contributed by atoms with Crippen molar-refractivity contribution in [2.75, 3.05) is 17.2 Å². The zero-order chi connectivity index (χ0) is 18.7. The molecule has 0 radical (unpaired) electrons. The van der Waals surface area contributed by atoms with Crippen molar-refractivity contribution >= 4 is 46.6 Å². The third-order valence-corrected chi connectivity index (χ3v) is 5.16. The third kappa shape index (κ3) is 4.28. The molecule has 1 atom stereocenters. The van der Waals surface area contributed by atoms with Crippen LogP contribution >= 0.6 is 23.4 Å². The fourth-order valence-corrected chi connectivity index (χ4v) is 3.75. The van der Waals surface area contributed by atoms with Gasteiger partial charge in [0, 0.05) is 28.1 Å². The van der Waals surface area contributed by atoms with E-state index in [2.05, 4.69) is 10.6 Å². The summed E-state index contributed by atoms with van der Waals surface area (Å²) in [6.07, 6.45) is -0.0343. The van der Waals surface area contributed by atoms with E-state index in [9.17, 15) is 14.0 Å². The summed E-state index contributed by atoms with van der Waals surface area (Å²) >= 11 is 7.21. The van der Waals surface area contributed by atoms with Gasteiger partial charge in [-0.1, -0.05) is 11.6 Å². The Morgan fingerprint density at radius 1 is 1.35 bits per heavy atom. The Labute approximate surface area is 159 Å². The average molecular weight is 395 g/mol. The van der Waals surface area contributed by atoms with Crippen LogP contribution in [0.3, 0.4) is 0 Å². The summed E-state index contributed by atoms with van der Waals surface area (Å²) in [4.78, 5) is 25.3. The molecular formula is C18H16ClFN2O3S. The number of hydrogen-bond donors (Lipinski definition) is 2. The van der Waals surface area contributed by atoms with E-state index in [0.29, 0.717) is 23.0 Å². The Bertz CT molecular complexity index is 862. The van der Waals surface area contributed by atoms with Crippen molar-refractivity contribution in [1.82, 2.24) is 0 Å². The number of thioether (sulfide) groups is 1. The molecule has 0 bridgehead atoms. The molecule has 26 heavy (non-hydrogen) atoms. The van der Waals surface area contributed by atoms with Crippen LogP contribution in [-0.4, -0.2) is 23.7 Å². The van der Waals surface area contributed by atoms with Crippen LogP contribution in [0.1, 0.15) is 13.3 Å². The van der Waals surface area contributed by atoms with Gasteiger partial charge >= 0.3 is 0 Å². The monoisotopic (exact) mass is 394 g/mol. The van der Waals surface area contributed by atoms with E-state index < -0.39 is 11.1 Å². The zero-order valence-electron chi connectivity index (χ0n) is 13.8. The smallest absolute Gasteiger partial charge is 0.238 e. The molecule has 2 aromatic rings. The van der Waals surface area contributed by atoms with Crippen LogP contribution in [0, 0.1) is 5.82 Å². The highest BCUT2D eigenvalue weighted by molar-refractivity contribution is 8.01. The van der Waals surface area contributed by atoms with Gasteiger partial charge in [-0.3, -0.25) is 9.59 Å². The predicted octanol–water partition coefficient (Wildman–Crippen LogP) is 4.32. The van der Waals surface area contributed by atoms with Gasteiger partial charge < -0.3 is 15.4 Å². The first-order valence-electron chi connectivity index (χ1n) is 7.95. The number of fused-ring (bicyclic) bond motifs is 1. The molecular weight excluding hydrogens is 379 g/mol. The van der Waals surface area contributed by atoms with Gasteiger partial charge in [0.25, 0.3) is 0 Å². The molecule has 0 aliphatic carbocycles. The van der Waals surface area contributed by atoms with Crippen LogP contribution in [0.15, 0.2) is 41.3 Å². The maximum atomic E-state index is 13.9. The van der Waals surface area contributed by atoms with Crippen LogP contribution in [0.25, 0.3) is 0 Å². The second-order valence-corrected chi connectivity index (χ2v) is 7.25. The highest BCUT2D eigenvalue weighted by Crippen LogP contribution is 2.38. The summed E-state index contributed by atoms with van der Waals surface area (Å²) in [6, 6.07) is 9.39. The van der Waals surface area contributed by atoms with E-state index in [-0.39, 0.29) is 24.0 Å². The molecule has 2 N–H and O–H groups in total. The molecule has 2 amide bonds. The third-order valence-electron chi connectivity index (χ3n) is 3.65. The van der Waals surface area contributed by atoms with Crippen LogP contribution in [-0.2, 0) is 9.59 Å². The molecule has 0 spiro atoms. The predicted molar refractivity (Wildman–Crippen MR) is 101 cm³/mol. The summed E-state index contributed by atoms with van der Waals surface area (Å²) < 4.78 is 19.0. The topological polar surface area (TPSA) is 67.4 Å². The standard InChI is InChI=1S/C18H16ClFN2O3S/c1-2-25-14-5-4-11(8-12(14)20)21-17(23)9-16-18(24)22-13-7-10(19)3-6-15(13)26-16/h3-8,16H,2,9H2,1H3,(H,21,23)(H,22,24). The summed E-state index contributed by atoms with van der Waals surface area (Å²) in [5.41, 5.74) is 0.946. The summed E-state index contributed by atoms with van der Waals surface area (Å²) in [5.74, 6) is -1.07. The summed E-state index contributed by atoms with van der Waals surface area (Å²) in [7, 11) is 0. The van der Waals surface area contributed by atoms with E-state index in [1.54, 1.807) is 31.2 Å². The van der Waals surface area contributed by atoms with Gasteiger partial charge in [-0.05, 0) is 37.3 Å². The van der Waals surface area contributed by atoms with Gasteiger partial charge in [0.15, 0.2) is 11.6 Å². The second kappa shape index (κ2) is 7.97. The lowest BCUT2D eigenvalue weighted by molar-refractivity contribution is -0.120. The van der Waals surface area contributed by atoms with E-state index >= 15 is 0 Å². The second-order valence-electron chi connectivity index (χ2n) is 5.57. The van der Waals surface area contributed by atoms with Crippen molar-refractivity contribution < 1.29 is 18.7 Å². The van der Waals surface area contributed by atoms with Crippen molar-refractivity contribution in [3.8, 4) is 5.75 Å². The fourth-order valence-electron chi connectivity index (χ4n) is 2.49. The number of rotatable bonds is 5. The summed E-state index contributed by atoms with van der Waals surface area (Å²) in [6.45, 7) is 2.11. The number of nitrogens with one attached hydrogen (secondary N) is 2. The molecule has 136 valence electrons. The highest BCUT2D eigenvalue weighted by atomic mass is 35.5. The average Bonchev–Trinajstić information content (AvgIpc) is 2.58. The fraction of sp³-hybridized carbons (Fsp3) is 0.222. The minimum Gasteiger partial charge on any atom is -0.491 e. The molecule has 3 rings (SSSR count). The van der Waals surface area contributed by atoms with Crippen molar-refractivity contribution in [3.05, 3.63) is 47.2 Å². The normalized spacial score (nSPS) is 15.8. The lowest BCUT2D eigenvalue weighted by Crippen LogP contribution is -2.32. The van der Waals surface area contributed by atoms with Gasteiger partial charge in [0.05, 0.1) is 17.5 Å². The van der Waals surface area contributed by atoms with E-state index in [1.165, 1.54) is 23.9 Å². The molecule has 0 aromatic heterocycles. The van der Waals surface area contributed by atoms with Gasteiger partial charge in [-0.2, -0.15) is 0 Å². The minimum atomic E-state index is -0.573. The number of hydrogen-bond acceptors (Lipinski definition) is 4. The number of carbonyl (C=O) groups is 2. The zero-order valence-corrected chi connectivity index (χ0v) is 15.4. The molecule has 1 unspecified atom stereocenters. The van der Waals surface area contributed by atoms with Crippen molar-refractivity contribution in [1.29, 1.82) is 0 Å². The SMILES string of the molecule is CCOc1ccc(NC(=O)CC2Sc3ccc(Cl)cc3NC2=O)cc1F. The Morgan fingerprint density at radius 3 is 2.88 bits per heavy atom. The highest BCUT2D eigenvalue weighted by Gasteiger charge is 2.29. The van der Waals surface area contributed by atoms with Crippen LogP contribution < -0.4 is 15.4 Å². The first kappa shape index (κ1) is 18.5. The van der Waals surface area contributed by atoms with Crippen LogP contribution in [0.5, 0.6) is 5.75 Å². The molecule has 1 aliphatic rings. The molecule has 8 heteroatoms. The molecule has 1 heterocycles. The number of carbonyl (C=O) groups excluding carboxylic acids is 2. The lowest BCUT2D eigenvalue weighted by atomic mass is 10.2. The van der Waals surface area contributed by atoms with E-state index in [1.807, 2.05) is 0 Å². The Balaban J connectivity index is 1.64. The maximum Gasteiger partial charge on any atom is 0.238 e. The molecule has 2 aromatic carbocycles. The van der Waals surface area contributed by atoms with Crippen molar-refractivity contribution in [3.63, 3.8) is 0 Å². The van der Waals surface area contributed by atoms with Crippen molar-refractivity contribution in [2.24, 2.45) is 0 Å². The lowest BCUT2D eigenvalue weighted by Gasteiger charge is -2.23.